The Balaban J connectivity index is 1.90. The van der Waals surface area contributed by atoms with E-state index in [2.05, 4.69) is 44.3 Å². The van der Waals surface area contributed by atoms with Gasteiger partial charge >= 0.3 is 0 Å². The summed E-state index contributed by atoms with van der Waals surface area (Å²) in [5.74, 6) is 0.616. The molecule has 1 heterocycles. The number of allylic oxidation sites excluding steroid dienone is 2. The van der Waals surface area contributed by atoms with Crippen LogP contribution in [-0.4, -0.2) is 5.91 Å². The van der Waals surface area contributed by atoms with Gasteiger partial charge in [0.05, 0.1) is 6.04 Å². The molecule has 0 spiro atoms. The molecule has 2 atom stereocenters. The zero-order valence-corrected chi connectivity index (χ0v) is 12.1. The van der Waals surface area contributed by atoms with Crippen molar-refractivity contribution in [2.45, 2.75) is 46.1 Å². The molecule has 0 aromatic carbocycles. The zero-order valence-electron chi connectivity index (χ0n) is 11.3. The Labute approximate surface area is 113 Å². The first-order chi connectivity index (χ1) is 8.56. The standard InChI is InChI=1S/C15H21NOS/c1-10-8-14(12(3)18-10)11(2)16-15(17)9-13-6-4-5-7-13/h4,6,8,11,13H,5,7,9H2,1-3H3,(H,16,17). The van der Waals surface area contributed by atoms with Gasteiger partial charge in [-0.05, 0) is 51.2 Å². The van der Waals surface area contributed by atoms with Crippen LogP contribution in [0.3, 0.4) is 0 Å². The first kappa shape index (κ1) is 13.3. The van der Waals surface area contributed by atoms with Crippen molar-refractivity contribution < 1.29 is 4.79 Å². The lowest BCUT2D eigenvalue weighted by atomic mass is 10.0. The molecule has 0 saturated carbocycles. The summed E-state index contributed by atoms with van der Waals surface area (Å²) in [6.07, 6.45) is 7.22. The second kappa shape index (κ2) is 5.70. The fraction of sp³-hybridized carbons (Fsp3) is 0.533. The number of hydrogen-bond acceptors (Lipinski definition) is 2. The Hall–Kier alpha value is -1.09. The van der Waals surface area contributed by atoms with Gasteiger partial charge in [0.1, 0.15) is 0 Å². The quantitative estimate of drug-likeness (QED) is 0.820. The van der Waals surface area contributed by atoms with Crippen LogP contribution in [0.4, 0.5) is 0 Å². The number of nitrogens with one attached hydrogen (secondary N) is 1. The number of amides is 1. The minimum atomic E-state index is 0.118. The Morgan fingerprint density at radius 3 is 2.89 bits per heavy atom. The van der Waals surface area contributed by atoms with Crippen LogP contribution in [0.2, 0.25) is 0 Å². The van der Waals surface area contributed by atoms with Crippen LogP contribution in [0.25, 0.3) is 0 Å². The highest BCUT2D eigenvalue weighted by molar-refractivity contribution is 7.12. The third kappa shape index (κ3) is 3.22. The Bertz CT molecular complexity index is 461. The van der Waals surface area contributed by atoms with E-state index in [-0.39, 0.29) is 11.9 Å². The Kier molecular flexibility index (Phi) is 4.23. The minimum absolute atomic E-state index is 0.118. The third-order valence-electron chi connectivity index (χ3n) is 3.48. The van der Waals surface area contributed by atoms with Crippen LogP contribution in [0.1, 0.15) is 47.5 Å². The molecule has 1 aromatic rings. The van der Waals surface area contributed by atoms with Crippen molar-refractivity contribution >= 4 is 17.2 Å². The molecule has 18 heavy (non-hydrogen) atoms. The molecule has 0 saturated heterocycles. The van der Waals surface area contributed by atoms with E-state index < -0.39 is 0 Å². The zero-order chi connectivity index (χ0) is 13.1. The van der Waals surface area contributed by atoms with Crippen LogP contribution >= 0.6 is 11.3 Å². The van der Waals surface area contributed by atoms with E-state index in [0.717, 1.165) is 12.8 Å². The summed E-state index contributed by atoms with van der Waals surface area (Å²) in [6, 6.07) is 2.30. The smallest absolute Gasteiger partial charge is 0.221 e. The Morgan fingerprint density at radius 2 is 2.33 bits per heavy atom. The largest absolute Gasteiger partial charge is 0.350 e. The summed E-state index contributed by atoms with van der Waals surface area (Å²) in [5.41, 5.74) is 1.26. The molecular weight excluding hydrogens is 242 g/mol. The minimum Gasteiger partial charge on any atom is -0.350 e. The van der Waals surface area contributed by atoms with Gasteiger partial charge in [-0.1, -0.05) is 12.2 Å². The lowest BCUT2D eigenvalue weighted by molar-refractivity contribution is -0.122. The van der Waals surface area contributed by atoms with Crippen LogP contribution in [0.5, 0.6) is 0 Å². The average molecular weight is 263 g/mol. The lowest BCUT2D eigenvalue weighted by Gasteiger charge is -2.15. The molecule has 1 aliphatic carbocycles. The summed E-state index contributed by atoms with van der Waals surface area (Å²) in [7, 11) is 0. The van der Waals surface area contributed by atoms with Gasteiger partial charge in [0.2, 0.25) is 5.91 Å². The lowest BCUT2D eigenvalue weighted by Crippen LogP contribution is -2.27. The maximum absolute atomic E-state index is 12.0. The second-order valence-corrected chi connectivity index (χ2v) is 6.59. The first-order valence-corrected chi connectivity index (χ1v) is 7.41. The van der Waals surface area contributed by atoms with E-state index >= 15 is 0 Å². The maximum Gasteiger partial charge on any atom is 0.221 e. The SMILES string of the molecule is Cc1cc(C(C)NC(=O)CC2C=CCC2)c(C)s1. The van der Waals surface area contributed by atoms with Crippen molar-refractivity contribution in [3.8, 4) is 0 Å². The highest BCUT2D eigenvalue weighted by Gasteiger charge is 2.17. The second-order valence-electron chi connectivity index (χ2n) is 5.13. The molecule has 1 aliphatic rings. The summed E-state index contributed by atoms with van der Waals surface area (Å²) in [4.78, 5) is 14.6. The van der Waals surface area contributed by atoms with Crippen molar-refractivity contribution in [2.75, 3.05) is 0 Å². The van der Waals surface area contributed by atoms with Crippen LogP contribution < -0.4 is 5.32 Å². The summed E-state index contributed by atoms with van der Waals surface area (Å²) in [5, 5.41) is 3.11. The van der Waals surface area contributed by atoms with Gasteiger partial charge in [-0.2, -0.15) is 0 Å². The molecule has 1 N–H and O–H groups in total. The number of carbonyl (C=O) groups is 1. The van der Waals surface area contributed by atoms with Gasteiger partial charge in [-0.3, -0.25) is 4.79 Å². The highest BCUT2D eigenvalue weighted by Crippen LogP contribution is 2.26. The van der Waals surface area contributed by atoms with E-state index in [1.54, 1.807) is 11.3 Å². The van der Waals surface area contributed by atoms with E-state index in [1.165, 1.54) is 15.3 Å². The molecule has 0 aliphatic heterocycles. The summed E-state index contributed by atoms with van der Waals surface area (Å²) < 4.78 is 0. The third-order valence-corrected chi connectivity index (χ3v) is 4.47. The molecule has 1 amide bonds. The molecule has 0 radical (unpaired) electrons. The van der Waals surface area contributed by atoms with E-state index in [1.807, 2.05) is 0 Å². The van der Waals surface area contributed by atoms with Gasteiger partial charge in [-0.15, -0.1) is 11.3 Å². The van der Waals surface area contributed by atoms with Crippen LogP contribution in [-0.2, 0) is 4.79 Å². The van der Waals surface area contributed by atoms with Gasteiger partial charge in [0.15, 0.2) is 0 Å². The predicted octanol–water partition coefficient (Wildman–Crippen LogP) is 3.90. The molecule has 3 heteroatoms. The fourth-order valence-electron chi connectivity index (χ4n) is 2.56. The average Bonchev–Trinajstić information content (AvgIpc) is 2.88. The van der Waals surface area contributed by atoms with Gasteiger partial charge in [0.25, 0.3) is 0 Å². The number of rotatable bonds is 4. The van der Waals surface area contributed by atoms with Crippen molar-refractivity contribution in [3.05, 3.63) is 33.5 Å². The van der Waals surface area contributed by atoms with E-state index in [0.29, 0.717) is 12.3 Å². The molecule has 0 fully saturated rings. The first-order valence-electron chi connectivity index (χ1n) is 6.59. The topological polar surface area (TPSA) is 29.1 Å². The Morgan fingerprint density at radius 1 is 1.56 bits per heavy atom. The molecule has 2 nitrogen and oxygen atoms in total. The van der Waals surface area contributed by atoms with Crippen LogP contribution in [0, 0.1) is 19.8 Å². The molecule has 98 valence electrons. The fourth-order valence-corrected chi connectivity index (χ4v) is 3.58. The van der Waals surface area contributed by atoms with Crippen molar-refractivity contribution in [3.63, 3.8) is 0 Å². The highest BCUT2D eigenvalue weighted by atomic mass is 32.1. The molecule has 1 aromatic heterocycles. The molecular formula is C15H21NOS. The normalized spacial score (nSPS) is 20.1. The van der Waals surface area contributed by atoms with Crippen LogP contribution in [0.15, 0.2) is 18.2 Å². The number of hydrogen-bond donors (Lipinski definition) is 1. The van der Waals surface area contributed by atoms with Gasteiger partial charge in [-0.25, -0.2) is 0 Å². The van der Waals surface area contributed by atoms with Crippen molar-refractivity contribution in [2.24, 2.45) is 5.92 Å². The number of thiophene rings is 1. The monoisotopic (exact) mass is 263 g/mol. The van der Waals surface area contributed by atoms with Crippen molar-refractivity contribution in [1.82, 2.24) is 5.32 Å². The molecule has 2 rings (SSSR count). The van der Waals surface area contributed by atoms with E-state index in [4.69, 9.17) is 0 Å². The van der Waals surface area contributed by atoms with Gasteiger partial charge in [0, 0.05) is 16.2 Å². The predicted molar refractivity (Wildman–Crippen MR) is 76.8 cm³/mol. The number of carbonyl (C=O) groups excluding carboxylic acids is 1. The van der Waals surface area contributed by atoms with Gasteiger partial charge < -0.3 is 5.32 Å². The van der Waals surface area contributed by atoms with E-state index in [9.17, 15) is 4.79 Å². The van der Waals surface area contributed by atoms with Crippen molar-refractivity contribution in [1.29, 1.82) is 0 Å². The molecule has 0 bridgehead atoms. The summed E-state index contributed by atoms with van der Waals surface area (Å²) >= 11 is 1.80. The maximum atomic E-state index is 12.0. The molecule has 2 unspecified atom stereocenters. The summed E-state index contributed by atoms with van der Waals surface area (Å²) in [6.45, 7) is 6.30. The number of aryl methyl sites for hydroxylation is 2.